The summed E-state index contributed by atoms with van der Waals surface area (Å²) in [6.07, 6.45) is 0.691. The number of hydrogen-bond acceptors (Lipinski definition) is 3. The minimum atomic E-state index is -2.87. The molecular formula is C13H18F2N2O2S. The van der Waals surface area contributed by atoms with Crippen molar-refractivity contribution in [2.24, 2.45) is 0 Å². The van der Waals surface area contributed by atoms with E-state index >= 15 is 0 Å². The maximum Gasteiger partial charge on any atom is 0.387 e. The Morgan fingerprint density at radius 3 is 2.65 bits per heavy atom. The molecule has 0 aromatic heterocycles. The summed E-state index contributed by atoms with van der Waals surface area (Å²) in [4.78, 5) is 0. The molecule has 1 aromatic carbocycles. The summed E-state index contributed by atoms with van der Waals surface area (Å²) in [7, 11) is 1.41. The van der Waals surface area contributed by atoms with Crippen LogP contribution in [0.3, 0.4) is 0 Å². The Bertz CT molecular complexity index is 444. The summed E-state index contributed by atoms with van der Waals surface area (Å²) in [6, 6.07) is 4.87. The molecular weight excluding hydrogens is 286 g/mol. The lowest BCUT2D eigenvalue weighted by atomic mass is 10.1. The third-order valence-corrected chi connectivity index (χ3v) is 2.77. The predicted molar refractivity (Wildman–Crippen MR) is 77.6 cm³/mol. The zero-order chi connectivity index (χ0) is 15.0. The summed E-state index contributed by atoms with van der Waals surface area (Å²) < 4.78 is 33.8. The van der Waals surface area contributed by atoms with Crippen LogP contribution in [-0.4, -0.2) is 31.9 Å². The SMILES string of the molecule is CCNC(=S)NCCc1ccc(OC(F)F)c(OC)c1. The van der Waals surface area contributed by atoms with E-state index in [0.29, 0.717) is 18.1 Å². The van der Waals surface area contributed by atoms with Crippen LogP contribution in [0.25, 0.3) is 0 Å². The van der Waals surface area contributed by atoms with Crippen molar-refractivity contribution < 1.29 is 18.3 Å². The van der Waals surface area contributed by atoms with Crippen molar-refractivity contribution in [2.75, 3.05) is 20.2 Å². The van der Waals surface area contributed by atoms with E-state index in [1.165, 1.54) is 13.2 Å². The summed E-state index contributed by atoms with van der Waals surface area (Å²) in [5, 5.41) is 6.62. The molecule has 0 aliphatic rings. The van der Waals surface area contributed by atoms with Crippen LogP contribution in [0.15, 0.2) is 18.2 Å². The van der Waals surface area contributed by atoms with Crippen LogP contribution in [-0.2, 0) is 6.42 Å². The van der Waals surface area contributed by atoms with Crippen molar-refractivity contribution in [2.45, 2.75) is 20.0 Å². The second kappa shape index (κ2) is 8.52. The molecule has 0 heterocycles. The highest BCUT2D eigenvalue weighted by Gasteiger charge is 2.10. The van der Waals surface area contributed by atoms with Crippen LogP contribution in [0.1, 0.15) is 12.5 Å². The Morgan fingerprint density at radius 2 is 2.05 bits per heavy atom. The van der Waals surface area contributed by atoms with Crippen LogP contribution in [0.2, 0.25) is 0 Å². The molecule has 0 radical (unpaired) electrons. The highest BCUT2D eigenvalue weighted by molar-refractivity contribution is 7.80. The standard InChI is InChI=1S/C13H18F2N2O2S/c1-3-16-13(20)17-7-6-9-4-5-10(19-12(14)15)11(8-9)18-2/h4-5,8,12H,3,6-7H2,1-2H3,(H2,16,17,20). The molecule has 0 amide bonds. The lowest BCUT2D eigenvalue weighted by molar-refractivity contribution is -0.0512. The van der Waals surface area contributed by atoms with Crippen molar-refractivity contribution in [3.63, 3.8) is 0 Å². The van der Waals surface area contributed by atoms with E-state index in [4.69, 9.17) is 17.0 Å². The number of benzene rings is 1. The summed E-state index contributed by atoms with van der Waals surface area (Å²) in [5.41, 5.74) is 0.940. The maximum absolute atomic E-state index is 12.2. The van der Waals surface area contributed by atoms with Crippen LogP contribution < -0.4 is 20.1 Å². The Balaban J connectivity index is 2.57. The van der Waals surface area contributed by atoms with Gasteiger partial charge in [0.15, 0.2) is 16.6 Å². The topological polar surface area (TPSA) is 42.5 Å². The summed E-state index contributed by atoms with van der Waals surface area (Å²) in [5.74, 6) is 0.319. The van der Waals surface area contributed by atoms with E-state index in [2.05, 4.69) is 15.4 Å². The molecule has 0 fully saturated rings. The maximum atomic E-state index is 12.2. The van der Waals surface area contributed by atoms with Gasteiger partial charge in [-0.1, -0.05) is 6.07 Å². The third kappa shape index (κ3) is 5.56. The van der Waals surface area contributed by atoms with Gasteiger partial charge in [0.05, 0.1) is 7.11 Å². The van der Waals surface area contributed by atoms with Crippen molar-refractivity contribution in [3.05, 3.63) is 23.8 Å². The van der Waals surface area contributed by atoms with Crippen molar-refractivity contribution in [3.8, 4) is 11.5 Å². The van der Waals surface area contributed by atoms with E-state index in [-0.39, 0.29) is 11.5 Å². The minimum absolute atomic E-state index is 0.0300. The molecule has 20 heavy (non-hydrogen) atoms. The summed E-state index contributed by atoms with van der Waals surface area (Å²) >= 11 is 5.04. The van der Waals surface area contributed by atoms with Gasteiger partial charge in [-0.3, -0.25) is 0 Å². The number of hydrogen-bond donors (Lipinski definition) is 2. The van der Waals surface area contributed by atoms with Gasteiger partial charge in [-0.15, -0.1) is 0 Å². The number of halogens is 2. The molecule has 0 spiro atoms. The summed E-state index contributed by atoms with van der Waals surface area (Å²) in [6.45, 7) is 0.498. The Kier molecular flexibility index (Phi) is 7.00. The van der Waals surface area contributed by atoms with Gasteiger partial charge in [0.25, 0.3) is 0 Å². The Labute approximate surface area is 122 Å². The quantitative estimate of drug-likeness (QED) is 0.757. The van der Waals surface area contributed by atoms with E-state index in [1.54, 1.807) is 12.1 Å². The molecule has 0 unspecified atom stereocenters. The number of nitrogens with one attached hydrogen (secondary N) is 2. The van der Waals surface area contributed by atoms with Gasteiger partial charge in [0.2, 0.25) is 0 Å². The van der Waals surface area contributed by atoms with Gasteiger partial charge in [-0.2, -0.15) is 8.78 Å². The molecule has 0 saturated heterocycles. The molecule has 0 bridgehead atoms. The molecule has 0 aliphatic heterocycles. The van der Waals surface area contributed by atoms with Crippen LogP contribution in [0, 0.1) is 0 Å². The Morgan fingerprint density at radius 1 is 1.30 bits per heavy atom. The van der Waals surface area contributed by atoms with Crippen LogP contribution in [0.5, 0.6) is 11.5 Å². The first-order valence-electron chi connectivity index (χ1n) is 6.20. The van der Waals surface area contributed by atoms with E-state index in [9.17, 15) is 8.78 Å². The first-order valence-corrected chi connectivity index (χ1v) is 6.61. The van der Waals surface area contributed by atoms with Gasteiger partial charge in [0, 0.05) is 13.1 Å². The predicted octanol–water partition coefficient (Wildman–Crippen LogP) is 2.32. The molecule has 0 atom stereocenters. The highest BCUT2D eigenvalue weighted by Crippen LogP contribution is 2.29. The fourth-order valence-corrected chi connectivity index (χ4v) is 1.85. The molecule has 0 saturated carbocycles. The zero-order valence-electron chi connectivity index (χ0n) is 11.4. The zero-order valence-corrected chi connectivity index (χ0v) is 12.2. The number of ether oxygens (including phenoxy) is 2. The number of rotatable bonds is 7. The lowest BCUT2D eigenvalue weighted by Gasteiger charge is -2.12. The van der Waals surface area contributed by atoms with Gasteiger partial charge >= 0.3 is 6.61 Å². The van der Waals surface area contributed by atoms with Gasteiger partial charge in [0.1, 0.15) is 0 Å². The van der Waals surface area contributed by atoms with Crippen molar-refractivity contribution >= 4 is 17.3 Å². The monoisotopic (exact) mass is 304 g/mol. The average molecular weight is 304 g/mol. The minimum Gasteiger partial charge on any atom is -0.493 e. The van der Waals surface area contributed by atoms with E-state index in [1.807, 2.05) is 6.92 Å². The molecule has 2 N–H and O–H groups in total. The van der Waals surface area contributed by atoms with Gasteiger partial charge in [-0.25, -0.2) is 0 Å². The first-order chi connectivity index (χ1) is 9.56. The highest BCUT2D eigenvalue weighted by atomic mass is 32.1. The second-order valence-corrected chi connectivity index (χ2v) is 4.31. The first kappa shape index (κ1) is 16.4. The largest absolute Gasteiger partial charge is 0.493 e. The molecule has 112 valence electrons. The second-order valence-electron chi connectivity index (χ2n) is 3.90. The van der Waals surface area contributed by atoms with Gasteiger partial charge < -0.3 is 20.1 Å². The fourth-order valence-electron chi connectivity index (χ4n) is 1.60. The van der Waals surface area contributed by atoms with E-state index < -0.39 is 6.61 Å². The normalized spacial score (nSPS) is 10.2. The van der Waals surface area contributed by atoms with E-state index in [0.717, 1.165) is 12.1 Å². The third-order valence-electron chi connectivity index (χ3n) is 2.48. The smallest absolute Gasteiger partial charge is 0.387 e. The van der Waals surface area contributed by atoms with Crippen LogP contribution >= 0.6 is 12.2 Å². The number of alkyl halides is 2. The van der Waals surface area contributed by atoms with Crippen molar-refractivity contribution in [1.29, 1.82) is 0 Å². The number of thiocarbonyl (C=S) groups is 1. The molecule has 1 rings (SSSR count). The molecule has 1 aromatic rings. The van der Waals surface area contributed by atoms with Crippen LogP contribution in [0.4, 0.5) is 8.78 Å². The molecule has 4 nitrogen and oxygen atoms in total. The fraction of sp³-hybridized carbons (Fsp3) is 0.462. The Hall–Kier alpha value is -1.63. The average Bonchev–Trinajstić information content (AvgIpc) is 2.40. The molecule has 0 aliphatic carbocycles. The number of methoxy groups -OCH3 is 1. The van der Waals surface area contributed by atoms with Gasteiger partial charge in [-0.05, 0) is 43.3 Å². The lowest BCUT2D eigenvalue weighted by Crippen LogP contribution is -2.36. The molecule has 7 heteroatoms. The van der Waals surface area contributed by atoms with Crippen molar-refractivity contribution in [1.82, 2.24) is 10.6 Å².